The summed E-state index contributed by atoms with van der Waals surface area (Å²) in [7, 11) is -4.01. The summed E-state index contributed by atoms with van der Waals surface area (Å²) in [5.74, 6) is 5.07. The number of aliphatic carboxylic acids is 1. The Morgan fingerprint density at radius 2 is 1.55 bits per heavy atom. The summed E-state index contributed by atoms with van der Waals surface area (Å²) in [4.78, 5) is 24.5. The zero-order chi connectivity index (χ0) is 30.6. The predicted octanol–water partition coefficient (Wildman–Crippen LogP) is 6.45. The Kier molecular flexibility index (Phi) is 9.20. The summed E-state index contributed by atoms with van der Waals surface area (Å²) >= 11 is 0. The van der Waals surface area contributed by atoms with Crippen LogP contribution in [0.4, 0.5) is 5.69 Å². The summed E-state index contributed by atoms with van der Waals surface area (Å²) in [5.41, 5.74) is 4.28. The summed E-state index contributed by atoms with van der Waals surface area (Å²) < 4.78 is 33.6. The molecule has 1 aromatic heterocycles. The van der Waals surface area contributed by atoms with E-state index in [-0.39, 0.29) is 16.6 Å². The van der Waals surface area contributed by atoms with Crippen molar-refractivity contribution in [3.05, 3.63) is 83.6 Å². The van der Waals surface area contributed by atoms with Crippen molar-refractivity contribution in [2.75, 3.05) is 5.32 Å². The molecule has 0 unspecified atom stereocenters. The number of fused-ring (bicyclic) bond motifs is 1. The minimum atomic E-state index is -4.01. The first-order valence-electron chi connectivity index (χ1n) is 13.7. The molecule has 0 spiro atoms. The van der Waals surface area contributed by atoms with Crippen molar-refractivity contribution in [3.8, 4) is 23.0 Å². The summed E-state index contributed by atoms with van der Waals surface area (Å²) in [6, 6.07) is 17.7. The smallest absolute Gasteiger partial charge is 0.322 e. The molecule has 0 saturated carbocycles. The first kappa shape index (κ1) is 30.6. The van der Waals surface area contributed by atoms with E-state index in [1.165, 1.54) is 12.1 Å². The average Bonchev–Trinajstić information content (AvgIpc) is 3.29. The van der Waals surface area contributed by atoms with Gasteiger partial charge >= 0.3 is 5.97 Å². The van der Waals surface area contributed by atoms with Gasteiger partial charge < -0.3 is 14.8 Å². The van der Waals surface area contributed by atoms with Crippen LogP contribution in [0.25, 0.3) is 22.1 Å². The Balaban J connectivity index is 1.48. The maximum atomic E-state index is 13.1. The summed E-state index contributed by atoms with van der Waals surface area (Å²) in [5, 5.41) is 13.0. The number of nitrogens with one attached hydrogen (secondary N) is 2. The number of hydrogen-bond donors (Lipinski definition) is 3. The number of rotatable bonds is 9. The van der Waals surface area contributed by atoms with Gasteiger partial charge in [0.1, 0.15) is 11.6 Å². The van der Waals surface area contributed by atoms with Crippen LogP contribution in [0.5, 0.6) is 0 Å². The Morgan fingerprint density at radius 3 is 2.12 bits per heavy atom. The van der Waals surface area contributed by atoms with Gasteiger partial charge in [-0.05, 0) is 66.3 Å². The van der Waals surface area contributed by atoms with E-state index in [1.807, 2.05) is 37.3 Å². The molecule has 3 aromatic carbocycles. The molecule has 1 atom stereocenters. The molecule has 1 amide bonds. The Labute approximate surface area is 246 Å². The molecule has 218 valence electrons. The molecule has 0 saturated heterocycles. The fourth-order valence-electron chi connectivity index (χ4n) is 4.44. The van der Waals surface area contributed by atoms with Crippen molar-refractivity contribution in [1.29, 1.82) is 0 Å². The lowest BCUT2D eigenvalue weighted by Crippen LogP contribution is -2.44. The molecule has 8 nitrogen and oxygen atoms in total. The molecule has 3 N–H and O–H groups in total. The fraction of sp³-hybridized carbons (Fsp3) is 0.273. The van der Waals surface area contributed by atoms with Crippen LogP contribution in [0.15, 0.2) is 76.0 Å². The van der Waals surface area contributed by atoms with Crippen LogP contribution in [-0.4, -0.2) is 31.4 Å². The van der Waals surface area contributed by atoms with E-state index in [0.29, 0.717) is 17.2 Å². The number of hydrogen-bond acceptors (Lipinski definition) is 5. The predicted molar refractivity (Wildman–Crippen MR) is 164 cm³/mol. The van der Waals surface area contributed by atoms with Gasteiger partial charge in [0, 0.05) is 28.6 Å². The fourth-order valence-corrected chi connectivity index (χ4v) is 5.78. The van der Waals surface area contributed by atoms with Crippen LogP contribution in [0.3, 0.4) is 0 Å². The molecular formula is C33H34N2O6S. The van der Waals surface area contributed by atoms with Crippen LogP contribution >= 0.6 is 0 Å². The minimum Gasteiger partial charge on any atom is -0.480 e. The third-order valence-corrected chi connectivity index (χ3v) is 8.21. The summed E-state index contributed by atoms with van der Waals surface area (Å²) in [6.07, 6.45) is 0.780. The molecule has 9 heteroatoms. The molecule has 42 heavy (non-hydrogen) atoms. The Morgan fingerprint density at radius 1 is 0.929 bits per heavy atom. The third-order valence-electron chi connectivity index (χ3n) is 6.75. The highest BCUT2D eigenvalue weighted by atomic mass is 32.2. The van der Waals surface area contributed by atoms with E-state index in [9.17, 15) is 23.1 Å². The van der Waals surface area contributed by atoms with E-state index in [4.69, 9.17) is 4.42 Å². The molecule has 0 fully saturated rings. The van der Waals surface area contributed by atoms with Gasteiger partial charge in [-0.15, -0.1) is 0 Å². The van der Waals surface area contributed by atoms with Crippen LogP contribution in [0, 0.1) is 30.6 Å². The first-order valence-corrected chi connectivity index (χ1v) is 15.1. The van der Waals surface area contributed by atoms with Crippen LogP contribution < -0.4 is 10.0 Å². The quantitative estimate of drug-likeness (QED) is 0.194. The molecule has 0 aliphatic heterocycles. The number of aryl methyl sites for hydroxylation is 1. The monoisotopic (exact) mass is 586 g/mol. The van der Waals surface area contributed by atoms with Crippen molar-refractivity contribution >= 4 is 38.6 Å². The number of sulfonamides is 1. The van der Waals surface area contributed by atoms with Crippen molar-refractivity contribution in [2.45, 2.75) is 52.0 Å². The van der Waals surface area contributed by atoms with Crippen LogP contribution in [0.2, 0.25) is 0 Å². The van der Waals surface area contributed by atoms with Gasteiger partial charge in [-0.2, -0.15) is 4.72 Å². The maximum absolute atomic E-state index is 13.1. The standard InChI is InChI=1S/C33H34N2O6S/c1-20(2)8-6-9-25-10-7-11-28-29(25)22(5)31(41-28)32(36)34-26-16-12-23(13-17-26)24-14-18-27(19-15-24)42(39,40)35-30(21(3)4)33(37)38/h7,10-21,30,35H,8H2,1-5H3,(H,34,36)(H,37,38)/t30-/m0/s1. The van der Waals surface area contributed by atoms with Gasteiger partial charge in [0.2, 0.25) is 10.0 Å². The molecule has 4 aromatic rings. The molecule has 4 rings (SSSR count). The summed E-state index contributed by atoms with van der Waals surface area (Å²) in [6.45, 7) is 9.34. The number of carbonyl (C=O) groups excluding carboxylic acids is 1. The minimum absolute atomic E-state index is 0.0303. The molecule has 0 aliphatic rings. The number of carboxylic acid groups (broad SMARTS) is 1. The zero-order valence-corrected chi connectivity index (χ0v) is 25.0. The van der Waals surface area contributed by atoms with Gasteiger partial charge in [-0.3, -0.25) is 9.59 Å². The number of carboxylic acids is 1. The molecule has 0 aliphatic carbocycles. The lowest BCUT2D eigenvalue weighted by atomic mass is 10.0. The molecular weight excluding hydrogens is 552 g/mol. The van der Waals surface area contributed by atoms with Gasteiger partial charge in [0.15, 0.2) is 5.76 Å². The highest BCUT2D eigenvalue weighted by Gasteiger charge is 2.28. The highest BCUT2D eigenvalue weighted by Crippen LogP contribution is 2.29. The second-order valence-corrected chi connectivity index (χ2v) is 12.6. The number of amides is 1. The van der Waals surface area contributed by atoms with Gasteiger partial charge in [0.25, 0.3) is 5.91 Å². The second kappa shape index (κ2) is 12.6. The van der Waals surface area contributed by atoms with E-state index in [2.05, 4.69) is 35.7 Å². The molecule has 0 radical (unpaired) electrons. The van der Waals surface area contributed by atoms with Crippen molar-refractivity contribution in [2.24, 2.45) is 11.8 Å². The van der Waals surface area contributed by atoms with Crippen LogP contribution in [-0.2, 0) is 14.8 Å². The zero-order valence-electron chi connectivity index (χ0n) is 24.2. The number of anilines is 1. The normalized spacial score (nSPS) is 12.3. The first-order chi connectivity index (χ1) is 19.9. The third kappa shape index (κ3) is 6.90. The lowest BCUT2D eigenvalue weighted by molar-refractivity contribution is -0.140. The Bertz CT molecular complexity index is 1770. The highest BCUT2D eigenvalue weighted by molar-refractivity contribution is 7.89. The number of benzene rings is 3. The van der Waals surface area contributed by atoms with Crippen molar-refractivity contribution < 1.29 is 27.5 Å². The van der Waals surface area contributed by atoms with Crippen molar-refractivity contribution in [3.63, 3.8) is 0 Å². The van der Waals surface area contributed by atoms with Gasteiger partial charge in [0.05, 0.1) is 4.90 Å². The average molecular weight is 587 g/mol. The van der Waals surface area contributed by atoms with E-state index in [1.54, 1.807) is 38.1 Å². The molecule has 1 heterocycles. The maximum Gasteiger partial charge on any atom is 0.322 e. The largest absolute Gasteiger partial charge is 0.480 e. The van der Waals surface area contributed by atoms with Crippen molar-refractivity contribution in [1.82, 2.24) is 4.72 Å². The van der Waals surface area contributed by atoms with E-state index in [0.717, 1.165) is 34.1 Å². The van der Waals surface area contributed by atoms with E-state index >= 15 is 0 Å². The van der Waals surface area contributed by atoms with Gasteiger partial charge in [-0.25, -0.2) is 8.42 Å². The molecule has 0 bridgehead atoms. The van der Waals surface area contributed by atoms with E-state index < -0.39 is 28.0 Å². The number of carbonyl (C=O) groups is 2. The van der Waals surface area contributed by atoms with Crippen LogP contribution in [0.1, 0.15) is 55.8 Å². The second-order valence-electron chi connectivity index (χ2n) is 10.9. The van der Waals surface area contributed by atoms with Gasteiger partial charge in [-0.1, -0.05) is 69.9 Å². The number of furan rings is 1. The SMILES string of the molecule is Cc1c(C(=O)Nc2ccc(-c3ccc(S(=O)(=O)N[C@H](C(=O)O)C(C)C)cc3)cc2)oc2cccc(C#CCC(C)C)c12. The topological polar surface area (TPSA) is 126 Å². The lowest BCUT2D eigenvalue weighted by Gasteiger charge is -2.18. The Hall–Kier alpha value is -4.39.